The monoisotopic (exact) mass is 394 g/mol. The zero-order valence-corrected chi connectivity index (χ0v) is 15.9. The van der Waals surface area contributed by atoms with Gasteiger partial charge in [-0.05, 0) is 68.1 Å². The quantitative estimate of drug-likeness (QED) is 0.214. The van der Waals surface area contributed by atoms with Gasteiger partial charge in [0.1, 0.15) is 0 Å². The number of phenols is 4. The maximum atomic E-state index is 10.1. The molecule has 0 heterocycles. The van der Waals surface area contributed by atoms with Crippen molar-refractivity contribution in [3.8, 4) is 45.3 Å². The van der Waals surface area contributed by atoms with E-state index in [0.717, 1.165) is 43.8 Å². The Morgan fingerprint density at radius 1 is 0.367 bits per heavy atom. The fourth-order valence-corrected chi connectivity index (χ4v) is 4.11. The maximum Gasteiger partial charge on any atom is 0.158 e. The number of phenolic OH excluding ortho intramolecular Hbond substituents is 4. The molecule has 0 saturated carbocycles. The summed E-state index contributed by atoms with van der Waals surface area (Å²) in [5.74, 6) is -0.673. The van der Waals surface area contributed by atoms with Crippen LogP contribution in [0.25, 0.3) is 43.8 Å². The second-order valence-corrected chi connectivity index (χ2v) is 7.25. The number of aromatic hydroxyl groups is 4. The number of hydrogen-bond donors (Lipinski definition) is 4. The molecule has 4 N–H and O–H groups in total. The smallest absolute Gasteiger partial charge is 0.158 e. The van der Waals surface area contributed by atoms with Crippen LogP contribution in [0.5, 0.6) is 23.0 Å². The van der Waals surface area contributed by atoms with Crippen LogP contribution in [0.3, 0.4) is 0 Å². The molecule has 5 aromatic rings. The minimum atomic E-state index is -0.173. The van der Waals surface area contributed by atoms with Gasteiger partial charge in [-0.2, -0.15) is 0 Å². The van der Waals surface area contributed by atoms with Crippen LogP contribution in [0.1, 0.15) is 0 Å². The van der Waals surface area contributed by atoms with Crippen molar-refractivity contribution in [2.45, 2.75) is 0 Å². The van der Waals surface area contributed by atoms with Crippen LogP contribution in [-0.4, -0.2) is 20.4 Å². The third kappa shape index (κ3) is 2.70. The maximum absolute atomic E-state index is 10.1. The van der Waals surface area contributed by atoms with Crippen LogP contribution in [0.4, 0.5) is 0 Å². The molecule has 0 aromatic heterocycles. The van der Waals surface area contributed by atoms with Gasteiger partial charge in [0, 0.05) is 0 Å². The van der Waals surface area contributed by atoms with Crippen molar-refractivity contribution in [2.75, 3.05) is 0 Å². The summed E-state index contributed by atoms with van der Waals surface area (Å²) in [6.07, 6.45) is 0. The average Bonchev–Trinajstić information content (AvgIpc) is 2.76. The van der Waals surface area contributed by atoms with Gasteiger partial charge in [0.15, 0.2) is 23.0 Å². The fourth-order valence-electron chi connectivity index (χ4n) is 4.11. The zero-order valence-electron chi connectivity index (χ0n) is 15.9. The van der Waals surface area contributed by atoms with E-state index in [1.807, 2.05) is 48.5 Å². The highest BCUT2D eigenvalue weighted by molar-refractivity contribution is 6.21. The van der Waals surface area contributed by atoms with E-state index in [1.54, 1.807) is 24.3 Å². The van der Waals surface area contributed by atoms with Crippen LogP contribution < -0.4 is 0 Å². The molecule has 30 heavy (non-hydrogen) atoms. The van der Waals surface area contributed by atoms with E-state index in [2.05, 4.69) is 0 Å². The lowest BCUT2D eigenvalue weighted by molar-refractivity contribution is 0.404. The Labute approximate surface area is 172 Å². The van der Waals surface area contributed by atoms with E-state index < -0.39 is 0 Å². The predicted molar refractivity (Wildman–Crippen MR) is 119 cm³/mol. The lowest BCUT2D eigenvalue weighted by Gasteiger charge is -2.18. The largest absolute Gasteiger partial charge is 0.504 e. The van der Waals surface area contributed by atoms with Gasteiger partial charge in [-0.25, -0.2) is 0 Å². The highest BCUT2D eigenvalue weighted by Crippen LogP contribution is 2.45. The highest BCUT2D eigenvalue weighted by atomic mass is 16.3. The lowest BCUT2D eigenvalue weighted by Crippen LogP contribution is -1.90. The molecule has 0 saturated heterocycles. The summed E-state index contributed by atoms with van der Waals surface area (Å²) in [7, 11) is 0. The minimum Gasteiger partial charge on any atom is -0.504 e. The summed E-state index contributed by atoms with van der Waals surface area (Å²) in [5, 5.41) is 43.6. The van der Waals surface area contributed by atoms with Gasteiger partial charge in [-0.3, -0.25) is 0 Å². The van der Waals surface area contributed by atoms with Crippen molar-refractivity contribution in [1.82, 2.24) is 0 Å². The summed E-state index contributed by atoms with van der Waals surface area (Å²) >= 11 is 0. The molecule has 0 unspecified atom stereocenters. The van der Waals surface area contributed by atoms with Crippen LogP contribution in [0.2, 0.25) is 0 Å². The molecular formula is C26H18O4. The first kappa shape index (κ1) is 17.9. The Morgan fingerprint density at radius 2 is 0.700 bits per heavy atom. The molecule has 4 heteroatoms. The molecular weight excluding hydrogens is 376 g/mol. The third-order valence-electron chi connectivity index (χ3n) is 5.46. The summed E-state index contributed by atoms with van der Waals surface area (Å²) in [5.41, 5.74) is 3.47. The van der Waals surface area contributed by atoms with Crippen molar-refractivity contribution in [3.05, 3.63) is 84.9 Å². The molecule has 0 amide bonds. The standard InChI is InChI=1S/C26H18O4/c27-21-11-9-15(13-23(21)29)25-17-5-1-2-6-18(17)26(20-8-4-3-7-19(20)25)16-10-12-22(28)24(30)14-16/h1-14,27-30H. The van der Waals surface area contributed by atoms with Crippen molar-refractivity contribution >= 4 is 21.5 Å². The van der Waals surface area contributed by atoms with Crippen LogP contribution in [-0.2, 0) is 0 Å². The predicted octanol–water partition coefficient (Wildman–Crippen LogP) is 6.15. The lowest BCUT2D eigenvalue weighted by atomic mass is 9.86. The first-order valence-electron chi connectivity index (χ1n) is 9.53. The first-order valence-corrected chi connectivity index (χ1v) is 9.53. The second-order valence-electron chi connectivity index (χ2n) is 7.25. The van der Waals surface area contributed by atoms with E-state index in [0.29, 0.717) is 0 Å². The van der Waals surface area contributed by atoms with Gasteiger partial charge in [0.05, 0.1) is 0 Å². The Kier molecular flexibility index (Phi) is 4.00. The number of fused-ring (bicyclic) bond motifs is 2. The zero-order chi connectivity index (χ0) is 20.8. The molecule has 0 radical (unpaired) electrons. The summed E-state index contributed by atoms with van der Waals surface area (Å²) in [6, 6.07) is 25.6. The number of benzene rings is 5. The van der Waals surface area contributed by atoms with E-state index in [9.17, 15) is 20.4 Å². The van der Waals surface area contributed by atoms with Gasteiger partial charge < -0.3 is 20.4 Å². The summed E-state index contributed by atoms with van der Waals surface area (Å²) < 4.78 is 0. The molecule has 146 valence electrons. The topological polar surface area (TPSA) is 80.9 Å². The van der Waals surface area contributed by atoms with E-state index in [1.165, 1.54) is 12.1 Å². The van der Waals surface area contributed by atoms with E-state index in [-0.39, 0.29) is 23.0 Å². The molecule has 0 atom stereocenters. The highest BCUT2D eigenvalue weighted by Gasteiger charge is 2.17. The fraction of sp³-hybridized carbons (Fsp3) is 0. The average molecular weight is 394 g/mol. The number of rotatable bonds is 2. The van der Waals surface area contributed by atoms with Gasteiger partial charge in [-0.15, -0.1) is 0 Å². The Morgan fingerprint density at radius 3 is 1.00 bits per heavy atom. The SMILES string of the molecule is Oc1ccc(-c2c3ccccc3c(-c3ccc(O)c(O)c3)c3ccccc23)cc1O. The van der Waals surface area contributed by atoms with Crippen molar-refractivity contribution in [3.63, 3.8) is 0 Å². The Balaban J connectivity index is 1.96. The Bertz CT molecular complexity index is 1270. The minimum absolute atomic E-state index is 0.163. The van der Waals surface area contributed by atoms with Gasteiger partial charge in [0.2, 0.25) is 0 Å². The molecule has 5 aromatic carbocycles. The third-order valence-corrected chi connectivity index (χ3v) is 5.46. The summed E-state index contributed by atoms with van der Waals surface area (Å²) in [4.78, 5) is 0. The van der Waals surface area contributed by atoms with Crippen LogP contribution >= 0.6 is 0 Å². The van der Waals surface area contributed by atoms with Crippen LogP contribution in [0, 0.1) is 0 Å². The molecule has 0 bridgehead atoms. The van der Waals surface area contributed by atoms with Crippen molar-refractivity contribution < 1.29 is 20.4 Å². The molecule has 0 spiro atoms. The van der Waals surface area contributed by atoms with Gasteiger partial charge in [-0.1, -0.05) is 60.7 Å². The molecule has 4 nitrogen and oxygen atoms in total. The van der Waals surface area contributed by atoms with Crippen LogP contribution in [0.15, 0.2) is 84.9 Å². The molecule has 0 aliphatic rings. The molecule has 0 fully saturated rings. The number of hydrogen-bond acceptors (Lipinski definition) is 4. The molecule has 5 rings (SSSR count). The molecule has 0 aliphatic carbocycles. The van der Waals surface area contributed by atoms with Crippen molar-refractivity contribution in [1.29, 1.82) is 0 Å². The summed E-state index contributed by atoms with van der Waals surface area (Å²) in [6.45, 7) is 0. The Hall–Kier alpha value is -4.18. The van der Waals surface area contributed by atoms with Gasteiger partial charge in [0.25, 0.3) is 0 Å². The van der Waals surface area contributed by atoms with Crippen molar-refractivity contribution in [2.24, 2.45) is 0 Å². The van der Waals surface area contributed by atoms with E-state index in [4.69, 9.17) is 0 Å². The second kappa shape index (κ2) is 6.71. The first-order chi connectivity index (χ1) is 14.5. The van der Waals surface area contributed by atoms with E-state index >= 15 is 0 Å². The normalized spacial score (nSPS) is 11.2. The molecule has 0 aliphatic heterocycles. The van der Waals surface area contributed by atoms with Gasteiger partial charge >= 0.3 is 0 Å².